The molecule has 0 unspecified atom stereocenters. The molecule has 0 radical (unpaired) electrons. The minimum absolute atomic E-state index is 0.164. The molecular weight excluding hydrogens is 252 g/mol. The summed E-state index contributed by atoms with van der Waals surface area (Å²) in [5.74, 6) is 1.10. The van der Waals surface area contributed by atoms with Gasteiger partial charge in [0.2, 0.25) is 0 Å². The van der Waals surface area contributed by atoms with Gasteiger partial charge in [-0.1, -0.05) is 0 Å². The Kier molecular flexibility index (Phi) is 3.66. The van der Waals surface area contributed by atoms with Gasteiger partial charge in [0.1, 0.15) is 5.75 Å². The molecule has 0 spiro atoms. The highest BCUT2D eigenvalue weighted by Crippen LogP contribution is 2.27. The summed E-state index contributed by atoms with van der Waals surface area (Å²) < 4.78 is 5.49. The standard InChI is InChI=1S/C16H22N2O2/c1-17(2)14-5-8-18(9-6-14)16(19)13-3-4-15-12(11-13)7-10-20-15/h3-4,11,14H,5-10H2,1-2H3. The fourth-order valence-corrected chi connectivity index (χ4v) is 3.09. The molecule has 0 N–H and O–H groups in total. The van der Waals surface area contributed by atoms with Crippen molar-refractivity contribution < 1.29 is 9.53 Å². The molecule has 0 bridgehead atoms. The largest absolute Gasteiger partial charge is 0.493 e. The average molecular weight is 274 g/mol. The Morgan fingerprint density at radius 2 is 2.05 bits per heavy atom. The van der Waals surface area contributed by atoms with Crippen molar-refractivity contribution in [3.63, 3.8) is 0 Å². The predicted octanol–water partition coefficient (Wildman–Crippen LogP) is 1.79. The molecule has 2 aliphatic heterocycles. The molecule has 4 heteroatoms. The van der Waals surface area contributed by atoms with E-state index < -0.39 is 0 Å². The molecule has 0 saturated carbocycles. The molecule has 1 amide bonds. The molecule has 20 heavy (non-hydrogen) atoms. The molecule has 1 aromatic carbocycles. The Bertz CT molecular complexity index is 505. The van der Waals surface area contributed by atoms with Crippen molar-refractivity contribution in [2.75, 3.05) is 33.8 Å². The molecule has 1 aromatic rings. The van der Waals surface area contributed by atoms with E-state index in [2.05, 4.69) is 19.0 Å². The van der Waals surface area contributed by atoms with E-state index in [9.17, 15) is 4.79 Å². The van der Waals surface area contributed by atoms with Crippen LogP contribution >= 0.6 is 0 Å². The predicted molar refractivity (Wildman–Crippen MR) is 78.3 cm³/mol. The van der Waals surface area contributed by atoms with Gasteiger partial charge < -0.3 is 14.5 Å². The fraction of sp³-hybridized carbons (Fsp3) is 0.562. The molecule has 4 nitrogen and oxygen atoms in total. The summed E-state index contributed by atoms with van der Waals surface area (Å²) in [6.07, 6.45) is 3.04. The molecule has 0 aromatic heterocycles. The normalized spacial score (nSPS) is 19.1. The first kappa shape index (κ1) is 13.4. The number of carbonyl (C=O) groups is 1. The number of hydrogen-bond acceptors (Lipinski definition) is 3. The van der Waals surface area contributed by atoms with Crippen LogP contribution < -0.4 is 4.74 Å². The number of piperidine rings is 1. The molecule has 0 aliphatic carbocycles. The van der Waals surface area contributed by atoms with Crippen LogP contribution in [0.15, 0.2) is 18.2 Å². The van der Waals surface area contributed by atoms with E-state index in [1.807, 2.05) is 23.1 Å². The van der Waals surface area contributed by atoms with Gasteiger partial charge in [-0.25, -0.2) is 0 Å². The summed E-state index contributed by atoms with van der Waals surface area (Å²) >= 11 is 0. The van der Waals surface area contributed by atoms with Gasteiger partial charge >= 0.3 is 0 Å². The maximum Gasteiger partial charge on any atom is 0.253 e. The molecule has 2 aliphatic rings. The topological polar surface area (TPSA) is 32.8 Å². The van der Waals surface area contributed by atoms with Gasteiger partial charge in [0.25, 0.3) is 5.91 Å². The highest BCUT2D eigenvalue weighted by molar-refractivity contribution is 5.94. The lowest BCUT2D eigenvalue weighted by Crippen LogP contribution is -2.44. The first-order chi connectivity index (χ1) is 9.65. The van der Waals surface area contributed by atoms with Crippen molar-refractivity contribution in [3.05, 3.63) is 29.3 Å². The summed E-state index contributed by atoms with van der Waals surface area (Å²) in [7, 11) is 4.23. The van der Waals surface area contributed by atoms with Crippen molar-refractivity contribution >= 4 is 5.91 Å². The lowest BCUT2D eigenvalue weighted by atomic mass is 10.0. The van der Waals surface area contributed by atoms with Crippen LogP contribution in [-0.2, 0) is 6.42 Å². The number of fused-ring (bicyclic) bond motifs is 1. The number of ether oxygens (including phenoxy) is 1. The molecule has 1 saturated heterocycles. The summed E-state index contributed by atoms with van der Waals surface area (Å²) in [6.45, 7) is 2.45. The maximum absolute atomic E-state index is 12.5. The average Bonchev–Trinajstić information content (AvgIpc) is 2.94. The number of likely N-dealkylation sites (tertiary alicyclic amines) is 1. The van der Waals surface area contributed by atoms with Crippen molar-refractivity contribution in [3.8, 4) is 5.75 Å². The van der Waals surface area contributed by atoms with E-state index in [0.717, 1.165) is 50.3 Å². The Labute approximate surface area is 120 Å². The maximum atomic E-state index is 12.5. The van der Waals surface area contributed by atoms with Gasteiger partial charge in [-0.3, -0.25) is 4.79 Å². The van der Waals surface area contributed by atoms with E-state index in [1.54, 1.807) is 0 Å². The Morgan fingerprint density at radius 1 is 1.30 bits per heavy atom. The van der Waals surface area contributed by atoms with Crippen molar-refractivity contribution in [2.24, 2.45) is 0 Å². The lowest BCUT2D eigenvalue weighted by molar-refractivity contribution is 0.0663. The second-order valence-corrected chi connectivity index (χ2v) is 5.91. The number of carbonyl (C=O) groups excluding carboxylic acids is 1. The molecule has 1 fully saturated rings. The van der Waals surface area contributed by atoms with E-state index >= 15 is 0 Å². The van der Waals surface area contributed by atoms with Gasteiger partial charge in [-0.2, -0.15) is 0 Å². The molecular formula is C16H22N2O2. The van der Waals surface area contributed by atoms with Crippen molar-refractivity contribution in [2.45, 2.75) is 25.3 Å². The molecule has 0 atom stereocenters. The van der Waals surface area contributed by atoms with Crippen LogP contribution in [0.4, 0.5) is 0 Å². The van der Waals surface area contributed by atoms with Crippen molar-refractivity contribution in [1.29, 1.82) is 0 Å². The molecule has 3 rings (SSSR count). The smallest absolute Gasteiger partial charge is 0.253 e. The van der Waals surface area contributed by atoms with Crippen LogP contribution in [0.25, 0.3) is 0 Å². The molecule has 2 heterocycles. The fourth-order valence-electron chi connectivity index (χ4n) is 3.09. The van der Waals surface area contributed by atoms with Crippen LogP contribution in [-0.4, -0.2) is 55.5 Å². The minimum Gasteiger partial charge on any atom is -0.493 e. The van der Waals surface area contributed by atoms with Gasteiger partial charge in [0, 0.05) is 31.1 Å². The first-order valence-electron chi connectivity index (χ1n) is 7.36. The lowest BCUT2D eigenvalue weighted by Gasteiger charge is -2.35. The summed E-state index contributed by atoms with van der Waals surface area (Å²) in [6, 6.07) is 6.43. The zero-order chi connectivity index (χ0) is 14.1. The summed E-state index contributed by atoms with van der Waals surface area (Å²) in [5.41, 5.74) is 1.97. The van der Waals surface area contributed by atoms with Crippen molar-refractivity contribution in [1.82, 2.24) is 9.80 Å². The highest BCUT2D eigenvalue weighted by atomic mass is 16.5. The zero-order valence-corrected chi connectivity index (χ0v) is 12.3. The number of rotatable bonds is 2. The third kappa shape index (κ3) is 2.52. The second-order valence-electron chi connectivity index (χ2n) is 5.91. The Balaban J connectivity index is 1.68. The van der Waals surface area contributed by atoms with Crippen LogP contribution in [0.1, 0.15) is 28.8 Å². The summed E-state index contributed by atoms with van der Waals surface area (Å²) in [4.78, 5) is 16.8. The highest BCUT2D eigenvalue weighted by Gasteiger charge is 2.25. The minimum atomic E-state index is 0.164. The van der Waals surface area contributed by atoms with Crippen LogP contribution in [0.5, 0.6) is 5.75 Å². The number of nitrogens with zero attached hydrogens (tertiary/aromatic N) is 2. The van der Waals surface area contributed by atoms with Crippen LogP contribution in [0, 0.1) is 0 Å². The summed E-state index contributed by atoms with van der Waals surface area (Å²) in [5, 5.41) is 0. The van der Waals surface area contributed by atoms with Crippen LogP contribution in [0.3, 0.4) is 0 Å². The third-order valence-electron chi connectivity index (χ3n) is 4.42. The quantitative estimate of drug-likeness (QED) is 0.824. The van der Waals surface area contributed by atoms with E-state index in [0.29, 0.717) is 6.04 Å². The monoisotopic (exact) mass is 274 g/mol. The van der Waals surface area contributed by atoms with E-state index in [4.69, 9.17) is 4.74 Å². The Hall–Kier alpha value is -1.55. The first-order valence-corrected chi connectivity index (χ1v) is 7.36. The third-order valence-corrected chi connectivity index (χ3v) is 4.42. The van der Waals surface area contributed by atoms with E-state index in [-0.39, 0.29) is 5.91 Å². The van der Waals surface area contributed by atoms with Crippen LogP contribution in [0.2, 0.25) is 0 Å². The number of amides is 1. The van der Waals surface area contributed by atoms with Gasteiger partial charge in [-0.15, -0.1) is 0 Å². The zero-order valence-electron chi connectivity index (χ0n) is 12.3. The van der Waals surface area contributed by atoms with Gasteiger partial charge in [0.05, 0.1) is 6.61 Å². The van der Waals surface area contributed by atoms with Gasteiger partial charge in [-0.05, 0) is 50.7 Å². The van der Waals surface area contributed by atoms with Gasteiger partial charge in [0.15, 0.2) is 0 Å². The van der Waals surface area contributed by atoms with E-state index in [1.165, 1.54) is 5.56 Å². The number of benzene rings is 1. The SMILES string of the molecule is CN(C)C1CCN(C(=O)c2ccc3c(c2)CCO3)CC1. The molecule has 108 valence electrons. The Morgan fingerprint density at radius 3 is 2.75 bits per heavy atom. The number of hydrogen-bond donors (Lipinski definition) is 0. The second kappa shape index (κ2) is 5.44.